The van der Waals surface area contributed by atoms with Crippen LogP contribution in [-0.2, 0) is 11.2 Å². The number of carboxylic acids is 1. The van der Waals surface area contributed by atoms with Crippen molar-refractivity contribution < 1.29 is 14.7 Å². The first kappa shape index (κ1) is 19.3. The summed E-state index contributed by atoms with van der Waals surface area (Å²) in [5.41, 5.74) is 2.62. The molecule has 0 radical (unpaired) electrons. The van der Waals surface area contributed by atoms with Crippen LogP contribution in [0.15, 0.2) is 42.5 Å². The van der Waals surface area contributed by atoms with Crippen LogP contribution in [0.1, 0.15) is 53.2 Å². The molecule has 6 heteroatoms. The minimum absolute atomic E-state index is 0.00311. The number of carbonyl (C=O) groups excluding carboxylic acids is 1. The Balaban J connectivity index is 1.72. The summed E-state index contributed by atoms with van der Waals surface area (Å²) in [7, 11) is 0. The molecular weight excluding hydrogens is 397 g/mol. The second-order valence-corrected chi connectivity index (χ2v) is 8.44. The zero-order valence-corrected chi connectivity index (χ0v) is 16.8. The molecule has 0 saturated heterocycles. The van der Waals surface area contributed by atoms with Gasteiger partial charge in [0.15, 0.2) is 0 Å². The highest BCUT2D eigenvalue weighted by Crippen LogP contribution is 2.41. The quantitative estimate of drug-likeness (QED) is 0.729. The molecule has 28 heavy (non-hydrogen) atoms. The highest BCUT2D eigenvalue weighted by atomic mass is 35.5. The second-order valence-electron chi connectivity index (χ2n) is 7.60. The molecule has 1 heterocycles. The van der Waals surface area contributed by atoms with Crippen LogP contribution >= 0.6 is 23.2 Å². The van der Waals surface area contributed by atoms with Gasteiger partial charge in [0, 0.05) is 21.7 Å². The largest absolute Gasteiger partial charge is 0.481 e. The Hall–Kier alpha value is -2.04. The first-order valence-electron chi connectivity index (χ1n) is 9.54. The Bertz CT molecular complexity index is 922. The maximum atomic E-state index is 13.4. The van der Waals surface area contributed by atoms with E-state index in [1.54, 1.807) is 12.1 Å². The Morgan fingerprint density at radius 2 is 1.75 bits per heavy atom. The summed E-state index contributed by atoms with van der Waals surface area (Å²) >= 11 is 12.6. The van der Waals surface area contributed by atoms with Gasteiger partial charge in [-0.05, 0) is 61.4 Å². The molecule has 0 bridgehead atoms. The number of aliphatic carboxylic acids is 1. The first-order valence-corrected chi connectivity index (χ1v) is 10.3. The number of hydrogen-bond acceptors (Lipinski definition) is 2. The van der Waals surface area contributed by atoms with Crippen molar-refractivity contribution in [2.45, 2.75) is 44.2 Å². The van der Waals surface area contributed by atoms with Crippen molar-refractivity contribution in [2.24, 2.45) is 5.92 Å². The normalized spacial score (nSPS) is 24.7. The third-order valence-corrected chi connectivity index (χ3v) is 6.55. The summed E-state index contributed by atoms with van der Waals surface area (Å²) in [6.07, 6.45) is 3.24. The van der Waals surface area contributed by atoms with Gasteiger partial charge in [-0.2, -0.15) is 0 Å². The fourth-order valence-corrected chi connectivity index (χ4v) is 5.08. The number of halogens is 2. The molecule has 0 aromatic heterocycles. The Kier molecular flexibility index (Phi) is 5.35. The molecule has 146 valence electrons. The summed E-state index contributed by atoms with van der Waals surface area (Å²) in [6.45, 7) is 0. The van der Waals surface area contributed by atoms with Crippen LogP contribution < -0.4 is 0 Å². The summed E-state index contributed by atoms with van der Waals surface area (Å²) in [6, 6.07) is 12.9. The van der Waals surface area contributed by atoms with E-state index in [1.807, 2.05) is 35.2 Å². The average molecular weight is 418 g/mol. The van der Waals surface area contributed by atoms with Gasteiger partial charge in [0.25, 0.3) is 5.91 Å². The Labute approximate surface area is 174 Å². The van der Waals surface area contributed by atoms with Crippen molar-refractivity contribution in [1.29, 1.82) is 0 Å². The van der Waals surface area contributed by atoms with Crippen LogP contribution in [0, 0.1) is 5.92 Å². The van der Waals surface area contributed by atoms with Gasteiger partial charge in [0.05, 0.1) is 12.0 Å². The molecule has 1 aliphatic carbocycles. The molecule has 1 amide bonds. The molecule has 1 unspecified atom stereocenters. The van der Waals surface area contributed by atoms with Crippen LogP contribution in [0.4, 0.5) is 0 Å². The van der Waals surface area contributed by atoms with E-state index in [4.69, 9.17) is 23.2 Å². The predicted octanol–water partition coefficient (Wildman–Crippen LogP) is 5.38. The van der Waals surface area contributed by atoms with E-state index in [-0.39, 0.29) is 23.9 Å². The molecule has 2 aromatic rings. The lowest BCUT2D eigenvalue weighted by molar-refractivity contribution is -0.143. The van der Waals surface area contributed by atoms with E-state index in [1.165, 1.54) is 0 Å². The molecule has 4 nitrogen and oxygen atoms in total. The lowest BCUT2D eigenvalue weighted by Gasteiger charge is -2.44. The van der Waals surface area contributed by atoms with Crippen molar-refractivity contribution in [2.75, 3.05) is 0 Å². The van der Waals surface area contributed by atoms with Crippen molar-refractivity contribution in [3.8, 4) is 0 Å². The van der Waals surface area contributed by atoms with E-state index < -0.39 is 5.97 Å². The SMILES string of the molecule is O=C(O)C1CCC(N2C(=O)c3ccccc3CC2c2ccc(Cl)cc2Cl)CC1. The molecule has 1 aliphatic heterocycles. The lowest BCUT2D eigenvalue weighted by Crippen LogP contribution is -2.48. The Morgan fingerprint density at radius 1 is 1.04 bits per heavy atom. The Morgan fingerprint density at radius 3 is 2.43 bits per heavy atom. The number of hydrogen-bond donors (Lipinski definition) is 1. The van der Waals surface area contributed by atoms with Gasteiger partial charge >= 0.3 is 5.97 Å². The third-order valence-electron chi connectivity index (χ3n) is 5.99. The number of rotatable bonds is 3. The van der Waals surface area contributed by atoms with Crippen LogP contribution in [0.25, 0.3) is 0 Å². The van der Waals surface area contributed by atoms with Gasteiger partial charge in [-0.3, -0.25) is 9.59 Å². The zero-order valence-electron chi connectivity index (χ0n) is 15.3. The number of benzene rings is 2. The van der Waals surface area contributed by atoms with Gasteiger partial charge in [-0.1, -0.05) is 47.5 Å². The molecule has 2 aromatic carbocycles. The molecule has 2 aliphatic rings. The molecule has 1 N–H and O–H groups in total. The average Bonchev–Trinajstić information content (AvgIpc) is 2.68. The minimum Gasteiger partial charge on any atom is -0.481 e. The lowest BCUT2D eigenvalue weighted by atomic mass is 9.81. The minimum atomic E-state index is -0.744. The van der Waals surface area contributed by atoms with Crippen LogP contribution in [0.5, 0.6) is 0 Å². The molecule has 4 rings (SSSR count). The summed E-state index contributed by atoms with van der Waals surface area (Å²) in [5.74, 6) is -1.07. The highest BCUT2D eigenvalue weighted by molar-refractivity contribution is 6.35. The number of nitrogens with zero attached hydrogens (tertiary/aromatic N) is 1. The van der Waals surface area contributed by atoms with Crippen molar-refractivity contribution in [1.82, 2.24) is 4.90 Å². The van der Waals surface area contributed by atoms with E-state index in [2.05, 4.69) is 0 Å². The summed E-state index contributed by atoms with van der Waals surface area (Å²) in [4.78, 5) is 26.7. The van der Waals surface area contributed by atoms with Crippen LogP contribution in [0.3, 0.4) is 0 Å². The summed E-state index contributed by atoms with van der Waals surface area (Å²) < 4.78 is 0. The molecule has 1 atom stereocenters. The van der Waals surface area contributed by atoms with Crippen LogP contribution in [0.2, 0.25) is 10.0 Å². The fraction of sp³-hybridized carbons (Fsp3) is 0.364. The first-order chi connectivity index (χ1) is 13.5. The third kappa shape index (κ3) is 3.51. The van der Waals surface area contributed by atoms with Gasteiger partial charge in [-0.15, -0.1) is 0 Å². The van der Waals surface area contributed by atoms with Crippen LogP contribution in [-0.4, -0.2) is 27.9 Å². The maximum Gasteiger partial charge on any atom is 0.306 e. The van der Waals surface area contributed by atoms with E-state index in [0.717, 1.165) is 16.7 Å². The second kappa shape index (κ2) is 7.76. The number of carbonyl (C=O) groups is 2. The topological polar surface area (TPSA) is 57.6 Å². The fourth-order valence-electron chi connectivity index (χ4n) is 4.55. The van der Waals surface area contributed by atoms with E-state index >= 15 is 0 Å². The number of carboxylic acid groups (broad SMARTS) is 1. The molecular formula is C22H21Cl2NO3. The van der Waals surface area contributed by atoms with Crippen molar-refractivity contribution >= 4 is 35.1 Å². The maximum absolute atomic E-state index is 13.4. The summed E-state index contributed by atoms with van der Waals surface area (Å²) in [5, 5.41) is 10.4. The highest BCUT2D eigenvalue weighted by Gasteiger charge is 2.40. The van der Waals surface area contributed by atoms with Gasteiger partial charge in [0.2, 0.25) is 0 Å². The van der Waals surface area contributed by atoms with E-state index in [0.29, 0.717) is 42.1 Å². The number of amides is 1. The van der Waals surface area contributed by atoms with Crippen molar-refractivity contribution in [3.63, 3.8) is 0 Å². The zero-order chi connectivity index (χ0) is 19.8. The number of fused-ring (bicyclic) bond motifs is 1. The molecule has 1 fully saturated rings. The monoisotopic (exact) mass is 417 g/mol. The van der Waals surface area contributed by atoms with Gasteiger partial charge < -0.3 is 10.0 Å². The van der Waals surface area contributed by atoms with Gasteiger partial charge in [0.1, 0.15) is 0 Å². The molecule has 1 saturated carbocycles. The van der Waals surface area contributed by atoms with Crippen molar-refractivity contribution in [3.05, 3.63) is 69.2 Å². The standard InChI is InChI=1S/C22H21Cl2NO3/c23-15-7-10-18(19(24)12-15)20-11-14-3-1-2-4-17(14)21(26)25(20)16-8-5-13(6-9-16)22(27)28/h1-4,7,10,12-13,16,20H,5-6,8-9,11H2,(H,27,28). The molecule has 0 spiro atoms. The van der Waals surface area contributed by atoms with Gasteiger partial charge in [-0.25, -0.2) is 0 Å². The van der Waals surface area contributed by atoms with E-state index in [9.17, 15) is 14.7 Å². The predicted molar refractivity (Wildman–Crippen MR) is 109 cm³/mol. The smallest absolute Gasteiger partial charge is 0.306 e.